The quantitative estimate of drug-likeness (QED) is 0.164. The van der Waals surface area contributed by atoms with Gasteiger partial charge in [-0.15, -0.1) is 0 Å². The van der Waals surface area contributed by atoms with E-state index in [0.717, 1.165) is 0 Å². The Bertz CT molecular complexity index is 1820. The van der Waals surface area contributed by atoms with Crippen molar-refractivity contribution < 1.29 is 52.6 Å². The second-order valence-electron chi connectivity index (χ2n) is 16.6. The van der Waals surface area contributed by atoms with E-state index in [9.17, 15) is 43.2 Å². The van der Waals surface area contributed by atoms with E-state index in [-0.39, 0.29) is 117 Å². The summed E-state index contributed by atoms with van der Waals surface area (Å²) in [6.45, 7) is 17.2. The summed E-state index contributed by atoms with van der Waals surface area (Å²) in [6, 6.07) is 5.21. The molecule has 2 unspecified atom stereocenters. The van der Waals surface area contributed by atoms with Crippen LogP contribution in [0.4, 0.5) is 9.59 Å². The summed E-state index contributed by atoms with van der Waals surface area (Å²) in [7, 11) is 0. The van der Waals surface area contributed by atoms with Crippen LogP contribution in [0.1, 0.15) is 139 Å². The molecule has 2 aromatic carbocycles. The molecule has 2 aliphatic carbocycles. The van der Waals surface area contributed by atoms with Crippen LogP contribution < -0.4 is 10.6 Å². The molecule has 0 aromatic heterocycles. The largest absolute Gasteiger partial charge is 0.444 e. The van der Waals surface area contributed by atoms with Gasteiger partial charge in [-0.1, -0.05) is 39.8 Å². The van der Waals surface area contributed by atoms with Crippen molar-refractivity contribution >= 4 is 112 Å². The van der Waals surface area contributed by atoms with Gasteiger partial charge in [0.2, 0.25) is 0 Å². The number of hydrogen-bond donors (Lipinski definition) is 2. The first-order valence-electron chi connectivity index (χ1n) is 18.0. The summed E-state index contributed by atoms with van der Waals surface area (Å²) in [5, 5.41) is 5.00. The van der Waals surface area contributed by atoms with Crippen LogP contribution in [0.2, 0.25) is 0 Å². The van der Waals surface area contributed by atoms with Gasteiger partial charge >= 0.3 is 12.2 Å². The van der Waals surface area contributed by atoms with E-state index >= 15 is 0 Å². The fourth-order valence-electron chi connectivity index (χ4n) is 6.49. The Morgan fingerprint density at radius 1 is 0.554 bits per heavy atom. The minimum atomic E-state index is -1.73. The molecular weight excluding hydrogens is 742 g/mol. The SMILES string of the molecule is CC(C)C[C@@H](NC(=O)OC(C)(C)C)C(=O)C1C(=O)c2ccc(C(=O)c3ccc4c(c3)C(=O)C(C(=O)[C@@H](CC(C)C)NC(=O)OC(C)(C)C)C4=O)cc2C1=O.[Na].[Na]. The van der Waals surface area contributed by atoms with Crippen molar-refractivity contribution in [3.05, 3.63) is 69.8 Å². The minimum Gasteiger partial charge on any atom is -0.444 e. The van der Waals surface area contributed by atoms with Gasteiger partial charge in [0.05, 0.1) is 12.1 Å². The van der Waals surface area contributed by atoms with Gasteiger partial charge in [-0.3, -0.25) is 33.6 Å². The number of carbonyl (C=O) groups excluding carboxylic acids is 9. The predicted octanol–water partition coefficient (Wildman–Crippen LogP) is 5.16. The van der Waals surface area contributed by atoms with Gasteiger partial charge in [-0.05, 0) is 90.5 Å². The van der Waals surface area contributed by atoms with Crippen LogP contribution in [0, 0.1) is 23.7 Å². The topological polar surface area (TPSA) is 196 Å². The Morgan fingerprint density at radius 2 is 0.857 bits per heavy atom. The second-order valence-corrected chi connectivity index (χ2v) is 16.6. The number of carbonyl (C=O) groups is 9. The monoisotopic (exact) mass is 790 g/mol. The van der Waals surface area contributed by atoms with Crippen molar-refractivity contribution in [1.29, 1.82) is 0 Å². The maximum atomic E-state index is 13.7. The molecule has 2 aromatic rings. The number of fused-ring (bicyclic) bond motifs is 2. The first-order valence-corrected chi connectivity index (χ1v) is 18.0. The summed E-state index contributed by atoms with van der Waals surface area (Å²) in [6.07, 6.45) is -1.47. The van der Waals surface area contributed by atoms with E-state index in [4.69, 9.17) is 9.47 Å². The summed E-state index contributed by atoms with van der Waals surface area (Å²) in [4.78, 5) is 120. The molecule has 15 heteroatoms. The molecule has 2 amide bonds. The normalized spacial score (nSPS) is 17.3. The first-order chi connectivity index (χ1) is 24.9. The van der Waals surface area contributed by atoms with Gasteiger partial charge in [-0.25, -0.2) is 9.59 Å². The molecule has 2 aliphatic rings. The third-order valence-electron chi connectivity index (χ3n) is 8.73. The van der Waals surface area contributed by atoms with Crippen LogP contribution in [0.3, 0.4) is 0 Å². The van der Waals surface area contributed by atoms with Gasteiger partial charge in [0, 0.05) is 92.5 Å². The average molecular weight is 791 g/mol. The number of benzene rings is 2. The summed E-state index contributed by atoms with van der Waals surface area (Å²) in [5.41, 5.74) is -2.16. The molecular formula is C41H48N2Na2O11. The van der Waals surface area contributed by atoms with Crippen LogP contribution in [0.5, 0.6) is 0 Å². The maximum Gasteiger partial charge on any atom is 0.408 e. The van der Waals surface area contributed by atoms with E-state index < -0.39 is 87.8 Å². The number of rotatable bonds is 12. The zero-order valence-corrected chi connectivity index (χ0v) is 38.3. The zero-order valence-electron chi connectivity index (χ0n) is 34.3. The fraction of sp³-hybridized carbons (Fsp3) is 0.488. The van der Waals surface area contributed by atoms with Crippen LogP contribution in [0.15, 0.2) is 36.4 Å². The number of amides is 2. The molecule has 0 fully saturated rings. The number of Topliss-reactive ketones (excluding diaryl/α,β-unsaturated/α-hetero) is 6. The molecule has 2 radical (unpaired) electrons. The maximum absolute atomic E-state index is 13.7. The van der Waals surface area contributed by atoms with E-state index in [1.165, 1.54) is 36.4 Å². The van der Waals surface area contributed by atoms with Crippen LogP contribution in [-0.2, 0) is 19.1 Å². The summed E-state index contributed by atoms with van der Waals surface area (Å²) in [5.74, 6) is -9.04. The average Bonchev–Trinajstić information content (AvgIpc) is 3.43. The van der Waals surface area contributed by atoms with E-state index in [1.807, 2.05) is 27.7 Å². The molecule has 4 rings (SSSR count). The van der Waals surface area contributed by atoms with Gasteiger partial charge in [-0.2, -0.15) is 0 Å². The van der Waals surface area contributed by atoms with E-state index in [2.05, 4.69) is 10.6 Å². The molecule has 56 heavy (non-hydrogen) atoms. The van der Waals surface area contributed by atoms with Crippen LogP contribution in [-0.4, -0.2) is 135 Å². The van der Waals surface area contributed by atoms with Crippen molar-refractivity contribution in [3.8, 4) is 0 Å². The zero-order chi connectivity index (χ0) is 40.6. The molecule has 13 nitrogen and oxygen atoms in total. The molecule has 4 atom stereocenters. The summed E-state index contributed by atoms with van der Waals surface area (Å²) < 4.78 is 10.6. The van der Waals surface area contributed by atoms with Gasteiger partial charge in [0.1, 0.15) is 23.0 Å². The summed E-state index contributed by atoms with van der Waals surface area (Å²) >= 11 is 0. The Morgan fingerprint density at radius 3 is 1.14 bits per heavy atom. The number of ketones is 7. The van der Waals surface area contributed by atoms with Crippen molar-refractivity contribution in [2.75, 3.05) is 0 Å². The molecule has 0 bridgehead atoms. The smallest absolute Gasteiger partial charge is 0.408 e. The Kier molecular flexibility index (Phi) is 16.5. The molecule has 0 aliphatic heterocycles. The third kappa shape index (κ3) is 11.4. The van der Waals surface area contributed by atoms with Crippen molar-refractivity contribution in [2.24, 2.45) is 23.7 Å². The number of ether oxygens (including phenoxy) is 2. The number of nitrogens with one attached hydrogen (secondary N) is 2. The van der Waals surface area contributed by atoms with Gasteiger partial charge in [0.25, 0.3) is 0 Å². The first kappa shape index (κ1) is 48.8. The van der Waals surface area contributed by atoms with Crippen molar-refractivity contribution in [1.82, 2.24) is 10.6 Å². The van der Waals surface area contributed by atoms with Crippen molar-refractivity contribution in [2.45, 2.75) is 105 Å². The van der Waals surface area contributed by atoms with Crippen LogP contribution >= 0.6 is 0 Å². The Hall–Kier alpha value is -3.33. The third-order valence-corrected chi connectivity index (χ3v) is 8.73. The Labute approximate surface area is 371 Å². The fourth-order valence-corrected chi connectivity index (χ4v) is 6.49. The standard InChI is InChI=1S/C41H48N2O11.2Na/c1-19(2)15-27(42-38(51)53-40(5,6)7)36(49)29-32(45)23-13-11-21(17-25(23)34(29)47)31(44)22-12-14-24-26(18-22)35(48)30(33(24)46)37(50)28(16-20(3)4)43-39(52)54-41(8,9)10;;/h11-14,17-20,27-30H,15-16H2,1-10H3,(H,42,51)(H,43,52);;/t27-,28-,29?,30?;;/m1../s1. The molecule has 0 saturated heterocycles. The molecule has 290 valence electrons. The Balaban J connectivity index is 0.00000541. The number of alkyl carbamates (subject to hydrolysis) is 2. The van der Waals surface area contributed by atoms with Crippen molar-refractivity contribution in [3.63, 3.8) is 0 Å². The van der Waals surface area contributed by atoms with E-state index in [1.54, 1.807) is 41.5 Å². The van der Waals surface area contributed by atoms with Gasteiger partial charge < -0.3 is 20.1 Å². The van der Waals surface area contributed by atoms with Crippen LogP contribution in [0.25, 0.3) is 0 Å². The molecule has 0 saturated carbocycles. The van der Waals surface area contributed by atoms with E-state index in [0.29, 0.717) is 0 Å². The predicted molar refractivity (Wildman–Crippen MR) is 207 cm³/mol. The number of hydrogen-bond acceptors (Lipinski definition) is 11. The van der Waals surface area contributed by atoms with Gasteiger partial charge in [0.15, 0.2) is 40.5 Å². The second kappa shape index (κ2) is 18.9. The molecule has 2 N–H and O–H groups in total. The minimum absolute atomic E-state index is 0. The molecule has 0 heterocycles. The molecule has 0 spiro atoms.